The van der Waals surface area contributed by atoms with E-state index in [0.717, 1.165) is 0 Å². The van der Waals surface area contributed by atoms with E-state index >= 15 is 4.39 Å². The molecule has 0 spiro atoms. The molecule has 3 aliphatic carbocycles. The Labute approximate surface area is 230 Å². The number of fused-ring (bicyclic) bond motifs is 3. The molecule has 4 rings (SSSR count). The van der Waals surface area contributed by atoms with Crippen molar-refractivity contribution in [2.45, 2.75) is 24.5 Å². The van der Waals surface area contributed by atoms with Gasteiger partial charge in [0.2, 0.25) is 11.7 Å². The summed E-state index contributed by atoms with van der Waals surface area (Å²) < 4.78 is 15.6. The van der Waals surface area contributed by atoms with Gasteiger partial charge in [-0.1, -0.05) is 15.9 Å². The van der Waals surface area contributed by atoms with Crippen LogP contribution in [0.3, 0.4) is 0 Å². The summed E-state index contributed by atoms with van der Waals surface area (Å²) >= 11 is 2.94. The number of nitrogens with zero attached hydrogens (tertiary/aromatic N) is 2. The van der Waals surface area contributed by atoms with Crippen molar-refractivity contribution in [3.63, 3.8) is 0 Å². The van der Waals surface area contributed by atoms with Crippen molar-refractivity contribution in [3.8, 4) is 5.75 Å². The molecular formula is C25H28BrFN4O8. The number of Topliss-reactive ketones (excluding diaryl/α,β-unsaturated/α-hetero) is 2. The predicted molar refractivity (Wildman–Crippen MR) is 141 cm³/mol. The van der Waals surface area contributed by atoms with E-state index in [1.165, 1.54) is 38.0 Å². The summed E-state index contributed by atoms with van der Waals surface area (Å²) in [5.41, 5.74) is 0.338. The number of carbonyl (C=O) groups is 4. The van der Waals surface area contributed by atoms with Crippen LogP contribution in [-0.4, -0.2) is 93.9 Å². The van der Waals surface area contributed by atoms with E-state index in [1.54, 1.807) is 0 Å². The smallest absolute Gasteiger partial charge is 0.255 e. The molecule has 2 amide bonds. The second-order valence-electron chi connectivity index (χ2n) is 10.3. The molecule has 3 unspecified atom stereocenters. The van der Waals surface area contributed by atoms with Crippen LogP contribution in [0.1, 0.15) is 17.5 Å². The first-order valence-electron chi connectivity index (χ1n) is 11.9. The van der Waals surface area contributed by atoms with E-state index < -0.39 is 81.2 Å². The number of aromatic hydroxyl groups is 1. The van der Waals surface area contributed by atoms with Crippen LogP contribution in [0.4, 0.5) is 15.8 Å². The van der Waals surface area contributed by atoms with Gasteiger partial charge in [0, 0.05) is 25.6 Å². The highest BCUT2D eigenvalue weighted by atomic mass is 79.9. The molecule has 12 nitrogen and oxygen atoms in total. The van der Waals surface area contributed by atoms with Crippen molar-refractivity contribution in [1.29, 1.82) is 0 Å². The van der Waals surface area contributed by atoms with Crippen LogP contribution in [0.15, 0.2) is 16.9 Å². The first kappa shape index (κ1) is 28.5. The lowest BCUT2D eigenvalue weighted by atomic mass is 9.57. The van der Waals surface area contributed by atoms with Crippen LogP contribution in [0, 0.1) is 17.7 Å². The molecule has 210 valence electrons. The van der Waals surface area contributed by atoms with E-state index in [-0.39, 0.29) is 40.6 Å². The molecule has 1 saturated carbocycles. The molecule has 14 heteroatoms. The van der Waals surface area contributed by atoms with E-state index in [4.69, 9.17) is 5.73 Å². The minimum atomic E-state index is -2.79. The van der Waals surface area contributed by atoms with Gasteiger partial charge in [-0.05, 0) is 38.4 Å². The van der Waals surface area contributed by atoms with Gasteiger partial charge in [0.05, 0.1) is 22.6 Å². The fourth-order valence-corrected chi connectivity index (χ4v) is 6.22. The van der Waals surface area contributed by atoms with Crippen molar-refractivity contribution in [3.05, 3.63) is 33.8 Å². The summed E-state index contributed by atoms with van der Waals surface area (Å²) in [6.07, 6.45) is -0.234. The largest absolute Gasteiger partial charge is 0.508 e. The predicted octanol–water partition coefficient (Wildman–Crippen LogP) is 0.503. The fourth-order valence-electron chi connectivity index (χ4n) is 6.08. The summed E-state index contributed by atoms with van der Waals surface area (Å²) in [5.74, 6) is -10.0. The average Bonchev–Trinajstić information content (AvgIpc) is 2.83. The third kappa shape index (κ3) is 3.92. The second-order valence-corrected chi connectivity index (χ2v) is 10.8. The summed E-state index contributed by atoms with van der Waals surface area (Å²) in [7, 11) is 6.02. The van der Waals surface area contributed by atoms with Crippen LogP contribution in [0.25, 0.3) is 5.76 Å². The fraction of sp³-hybridized carbons (Fsp3) is 0.440. The van der Waals surface area contributed by atoms with Crippen molar-refractivity contribution in [2.75, 3.05) is 43.7 Å². The van der Waals surface area contributed by atoms with Gasteiger partial charge in [0.1, 0.15) is 22.8 Å². The molecular weight excluding hydrogens is 583 g/mol. The first-order valence-corrected chi connectivity index (χ1v) is 13.0. The maximum atomic E-state index is 15.6. The van der Waals surface area contributed by atoms with Gasteiger partial charge < -0.3 is 36.4 Å². The molecule has 1 aromatic rings. The molecule has 4 atom stereocenters. The SMILES string of the molecule is CN(C)c1c(F)c(NC(=O)CBr)c(O)c2c1CC1CC3[C@H](N(C)C)C(=O)C(C(N)=O)=C(O)C3(O)C(=O)C1=C2O. The summed E-state index contributed by atoms with van der Waals surface area (Å²) in [4.78, 5) is 53.9. The minimum Gasteiger partial charge on any atom is -0.508 e. The van der Waals surface area contributed by atoms with Crippen molar-refractivity contribution < 1.29 is 44.0 Å². The van der Waals surface area contributed by atoms with Crippen LogP contribution in [0.5, 0.6) is 5.75 Å². The second kappa shape index (κ2) is 9.61. The monoisotopic (exact) mass is 610 g/mol. The van der Waals surface area contributed by atoms with Gasteiger partial charge in [0.25, 0.3) is 5.91 Å². The Morgan fingerprint density at radius 3 is 2.31 bits per heavy atom. The number of nitrogens with one attached hydrogen (secondary N) is 1. The van der Waals surface area contributed by atoms with Crippen LogP contribution >= 0.6 is 15.9 Å². The maximum Gasteiger partial charge on any atom is 0.255 e. The molecule has 0 radical (unpaired) electrons. The Kier molecular flexibility index (Phi) is 7.02. The lowest BCUT2D eigenvalue weighted by molar-refractivity contribution is -0.153. The van der Waals surface area contributed by atoms with Gasteiger partial charge in [-0.3, -0.25) is 24.1 Å². The number of alkyl halides is 1. The highest BCUT2D eigenvalue weighted by molar-refractivity contribution is 9.09. The maximum absolute atomic E-state index is 15.6. The Morgan fingerprint density at radius 1 is 1.18 bits per heavy atom. The third-order valence-corrected chi connectivity index (χ3v) is 8.14. The number of anilines is 2. The highest BCUT2D eigenvalue weighted by Gasteiger charge is 2.64. The highest BCUT2D eigenvalue weighted by Crippen LogP contribution is 2.55. The van der Waals surface area contributed by atoms with Crippen LogP contribution in [-0.2, 0) is 25.6 Å². The van der Waals surface area contributed by atoms with Crippen molar-refractivity contribution >= 4 is 56.4 Å². The number of hydrogen-bond donors (Lipinski definition) is 6. The number of primary amides is 1. The zero-order valence-electron chi connectivity index (χ0n) is 21.5. The summed E-state index contributed by atoms with van der Waals surface area (Å²) in [6.45, 7) is 0. The molecule has 0 aromatic heterocycles. The summed E-state index contributed by atoms with van der Waals surface area (Å²) in [6, 6.07) is -1.23. The zero-order chi connectivity index (χ0) is 29.3. The standard InChI is InChI=1S/C25H28BrFN4O8/c1-30(2)17-9-5-8-6-10-18(31(3)4)21(35)14(24(28)38)23(37)25(10,39)22(36)12(8)19(33)13(9)20(34)16(15(17)27)29-11(32)7-26/h8,10,18,33-34,37,39H,5-7H2,1-4H3,(H2,28,38)(H,29,32)/t8?,10?,18-,25?/m0/s1. The topological polar surface area (TPSA) is 194 Å². The van der Waals surface area contributed by atoms with Gasteiger partial charge in [-0.15, -0.1) is 0 Å². The van der Waals surface area contributed by atoms with Crippen LogP contribution in [0.2, 0.25) is 0 Å². The summed E-state index contributed by atoms with van der Waals surface area (Å²) in [5, 5.41) is 46.9. The van der Waals surface area contributed by atoms with Crippen molar-refractivity contribution in [2.24, 2.45) is 17.6 Å². The number of rotatable bonds is 5. The lowest BCUT2D eigenvalue weighted by Gasteiger charge is -2.50. The van der Waals surface area contributed by atoms with E-state index in [2.05, 4.69) is 21.2 Å². The van der Waals surface area contributed by atoms with E-state index in [0.29, 0.717) is 0 Å². The lowest BCUT2D eigenvalue weighted by Crippen LogP contribution is -2.65. The number of carbonyl (C=O) groups excluding carboxylic acids is 4. The van der Waals surface area contributed by atoms with Crippen LogP contribution < -0.4 is 16.0 Å². The Morgan fingerprint density at radius 2 is 1.79 bits per heavy atom. The molecule has 0 bridgehead atoms. The number of ketones is 2. The first-order chi connectivity index (χ1) is 18.1. The number of phenols is 1. The Hall–Kier alpha value is -3.49. The number of benzene rings is 1. The molecule has 1 fully saturated rings. The van der Waals surface area contributed by atoms with E-state index in [1.807, 2.05) is 0 Å². The minimum absolute atomic E-state index is 0.0609. The number of phenolic OH excluding ortho intramolecular Hbond substituents is 1. The van der Waals surface area contributed by atoms with Gasteiger partial charge in [0.15, 0.2) is 23.0 Å². The molecule has 0 heterocycles. The Balaban J connectivity index is 2.02. The quantitative estimate of drug-likeness (QED) is 0.155. The molecule has 0 aliphatic heterocycles. The number of halogens is 2. The zero-order valence-corrected chi connectivity index (χ0v) is 23.1. The number of aliphatic hydroxyl groups excluding tert-OH is 2. The molecule has 1 aromatic carbocycles. The molecule has 3 aliphatic rings. The average molecular weight is 611 g/mol. The third-order valence-electron chi connectivity index (χ3n) is 7.63. The number of nitrogens with two attached hydrogens (primary N) is 1. The molecule has 39 heavy (non-hydrogen) atoms. The van der Waals surface area contributed by atoms with Gasteiger partial charge >= 0.3 is 0 Å². The number of amides is 2. The normalized spacial score (nSPS) is 26.3. The number of likely N-dealkylation sites (N-methyl/N-ethyl adjacent to an activating group) is 1. The molecule has 0 saturated heterocycles. The number of hydrogen-bond acceptors (Lipinski definition) is 10. The van der Waals surface area contributed by atoms with E-state index in [9.17, 15) is 39.6 Å². The number of aliphatic hydroxyl groups is 3. The van der Waals surface area contributed by atoms with Crippen molar-refractivity contribution in [1.82, 2.24) is 4.90 Å². The Bertz CT molecular complexity index is 1400. The van der Waals surface area contributed by atoms with Gasteiger partial charge in [-0.2, -0.15) is 0 Å². The van der Waals surface area contributed by atoms with Gasteiger partial charge in [-0.25, -0.2) is 4.39 Å². The molecule has 7 N–H and O–H groups in total.